The molecular formula is C14H13N3OS. The molecule has 0 atom stereocenters. The summed E-state index contributed by atoms with van der Waals surface area (Å²) < 4.78 is 1.64. The lowest BCUT2D eigenvalue weighted by atomic mass is 10.1. The van der Waals surface area contributed by atoms with E-state index in [4.69, 9.17) is 5.26 Å². The molecular weight excluding hydrogens is 258 g/mol. The molecule has 1 aromatic carbocycles. The number of hydrogen-bond donors (Lipinski definition) is 0. The molecule has 96 valence electrons. The number of aryl methyl sites for hydroxylation is 1. The van der Waals surface area contributed by atoms with E-state index >= 15 is 0 Å². The van der Waals surface area contributed by atoms with E-state index in [1.807, 2.05) is 25.3 Å². The summed E-state index contributed by atoms with van der Waals surface area (Å²) in [6.45, 7) is 2.28. The lowest BCUT2D eigenvalue weighted by molar-refractivity contribution is 0.639. The summed E-state index contributed by atoms with van der Waals surface area (Å²) in [5.74, 6) is 0. The second kappa shape index (κ2) is 5.72. The Hall–Kier alpha value is -2.06. The predicted molar refractivity (Wildman–Crippen MR) is 75.3 cm³/mol. The zero-order valence-corrected chi connectivity index (χ0v) is 11.6. The van der Waals surface area contributed by atoms with Gasteiger partial charge in [-0.25, -0.2) is 4.98 Å². The van der Waals surface area contributed by atoms with E-state index in [9.17, 15) is 4.79 Å². The Bertz CT molecular complexity index is 683. The van der Waals surface area contributed by atoms with Gasteiger partial charge >= 0.3 is 0 Å². The van der Waals surface area contributed by atoms with Gasteiger partial charge in [0.05, 0.1) is 18.2 Å². The molecule has 2 aromatic rings. The molecule has 0 saturated carbocycles. The maximum absolute atomic E-state index is 12.0. The summed E-state index contributed by atoms with van der Waals surface area (Å²) in [4.78, 5) is 16.4. The minimum Gasteiger partial charge on any atom is -0.283 e. The second-order valence-corrected chi connectivity index (χ2v) is 4.89. The molecule has 1 heterocycles. The summed E-state index contributed by atoms with van der Waals surface area (Å²) in [6, 6.07) is 10.8. The number of hydrogen-bond acceptors (Lipinski definition) is 4. The zero-order valence-electron chi connectivity index (χ0n) is 10.8. The van der Waals surface area contributed by atoms with Crippen LogP contribution in [0.1, 0.15) is 16.8 Å². The average molecular weight is 271 g/mol. The fourth-order valence-electron chi connectivity index (χ4n) is 1.76. The Morgan fingerprint density at radius 2 is 2.05 bits per heavy atom. The van der Waals surface area contributed by atoms with Crippen LogP contribution in [-0.2, 0) is 6.54 Å². The van der Waals surface area contributed by atoms with E-state index in [1.54, 1.807) is 16.7 Å². The lowest BCUT2D eigenvalue weighted by Crippen LogP contribution is -2.23. The van der Waals surface area contributed by atoms with Crippen LogP contribution in [0.4, 0.5) is 0 Å². The molecule has 0 aliphatic heterocycles. The van der Waals surface area contributed by atoms with Gasteiger partial charge in [0.15, 0.2) is 5.16 Å². The Labute approximate surface area is 115 Å². The van der Waals surface area contributed by atoms with Gasteiger partial charge in [-0.15, -0.1) is 0 Å². The summed E-state index contributed by atoms with van der Waals surface area (Å²) in [6.07, 6.45) is 1.90. The topological polar surface area (TPSA) is 58.7 Å². The van der Waals surface area contributed by atoms with Gasteiger partial charge < -0.3 is 0 Å². The molecule has 0 spiro atoms. The number of benzene rings is 1. The van der Waals surface area contributed by atoms with Crippen LogP contribution >= 0.6 is 11.8 Å². The molecule has 0 unspecified atom stereocenters. The summed E-state index contributed by atoms with van der Waals surface area (Å²) in [7, 11) is 0. The molecule has 4 nitrogen and oxygen atoms in total. The Kier molecular flexibility index (Phi) is 4.03. The third-order valence-electron chi connectivity index (χ3n) is 2.71. The maximum atomic E-state index is 12.0. The highest BCUT2D eigenvalue weighted by Gasteiger charge is 2.06. The van der Waals surface area contributed by atoms with Crippen molar-refractivity contribution in [1.29, 1.82) is 5.26 Å². The van der Waals surface area contributed by atoms with Gasteiger partial charge in [0.25, 0.3) is 5.56 Å². The van der Waals surface area contributed by atoms with Crippen LogP contribution in [0.15, 0.2) is 40.3 Å². The molecule has 1 aromatic heterocycles. The first-order chi connectivity index (χ1) is 9.13. The summed E-state index contributed by atoms with van der Waals surface area (Å²) >= 11 is 1.45. The van der Waals surface area contributed by atoms with Crippen molar-refractivity contribution in [1.82, 2.24) is 9.55 Å². The molecule has 0 aliphatic carbocycles. The van der Waals surface area contributed by atoms with E-state index in [1.165, 1.54) is 17.8 Å². The minimum atomic E-state index is -0.0544. The Morgan fingerprint density at radius 3 is 2.63 bits per heavy atom. The first kappa shape index (κ1) is 13.4. The second-order valence-electron chi connectivity index (χ2n) is 4.12. The third kappa shape index (κ3) is 3.04. The Morgan fingerprint density at radius 1 is 1.37 bits per heavy atom. The van der Waals surface area contributed by atoms with Crippen LogP contribution in [0.25, 0.3) is 0 Å². The largest absolute Gasteiger partial charge is 0.283 e. The molecule has 0 amide bonds. The molecule has 0 N–H and O–H groups in total. The van der Waals surface area contributed by atoms with Gasteiger partial charge in [-0.2, -0.15) is 5.26 Å². The van der Waals surface area contributed by atoms with Crippen molar-refractivity contribution in [3.8, 4) is 6.07 Å². The Balaban J connectivity index is 2.37. The van der Waals surface area contributed by atoms with Crippen molar-refractivity contribution in [2.24, 2.45) is 0 Å². The van der Waals surface area contributed by atoms with Crippen LogP contribution in [0.5, 0.6) is 0 Å². The highest BCUT2D eigenvalue weighted by Crippen LogP contribution is 2.12. The fraction of sp³-hybridized carbons (Fsp3) is 0.214. The predicted octanol–water partition coefficient (Wildman–Crippen LogP) is 2.19. The van der Waals surface area contributed by atoms with E-state index < -0.39 is 0 Å². The van der Waals surface area contributed by atoms with Gasteiger partial charge in [-0.05, 0) is 30.9 Å². The standard InChI is InChI=1S/C14H13N3OS/c1-10-7-13(18)17(14(16-10)19-2)9-12-5-3-11(8-15)4-6-12/h3-7H,9H2,1-2H3. The number of nitriles is 1. The average Bonchev–Trinajstić information content (AvgIpc) is 2.42. The minimum absolute atomic E-state index is 0.0544. The number of aromatic nitrogens is 2. The first-order valence-corrected chi connectivity index (χ1v) is 6.98. The van der Waals surface area contributed by atoms with Gasteiger partial charge in [-0.1, -0.05) is 23.9 Å². The lowest BCUT2D eigenvalue weighted by Gasteiger charge is -2.10. The van der Waals surface area contributed by atoms with Crippen LogP contribution in [-0.4, -0.2) is 15.8 Å². The SMILES string of the molecule is CSc1nc(C)cc(=O)n1Cc1ccc(C#N)cc1. The third-order valence-corrected chi connectivity index (χ3v) is 3.38. The van der Waals surface area contributed by atoms with Crippen molar-refractivity contribution in [3.63, 3.8) is 0 Å². The molecule has 0 bridgehead atoms. The number of rotatable bonds is 3. The van der Waals surface area contributed by atoms with Crippen LogP contribution in [0.3, 0.4) is 0 Å². The molecule has 0 radical (unpaired) electrons. The quantitative estimate of drug-likeness (QED) is 0.634. The molecule has 2 rings (SSSR count). The van der Waals surface area contributed by atoms with E-state index in [0.29, 0.717) is 17.3 Å². The van der Waals surface area contributed by atoms with Crippen LogP contribution in [0.2, 0.25) is 0 Å². The van der Waals surface area contributed by atoms with E-state index in [-0.39, 0.29) is 5.56 Å². The first-order valence-electron chi connectivity index (χ1n) is 5.75. The molecule has 0 aliphatic rings. The van der Waals surface area contributed by atoms with Gasteiger partial charge in [0, 0.05) is 11.8 Å². The molecule has 0 fully saturated rings. The molecule has 0 saturated heterocycles. The van der Waals surface area contributed by atoms with Crippen molar-refractivity contribution in [2.75, 3.05) is 6.26 Å². The van der Waals surface area contributed by atoms with Crippen LogP contribution < -0.4 is 5.56 Å². The highest BCUT2D eigenvalue weighted by molar-refractivity contribution is 7.98. The van der Waals surface area contributed by atoms with Crippen molar-refractivity contribution < 1.29 is 0 Å². The number of nitrogens with zero attached hydrogens (tertiary/aromatic N) is 3. The number of thioether (sulfide) groups is 1. The normalized spacial score (nSPS) is 10.2. The van der Waals surface area contributed by atoms with Gasteiger partial charge in [-0.3, -0.25) is 9.36 Å². The van der Waals surface area contributed by atoms with E-state index in [2.05, 4.69) is 11.1 Å². The molecule has 19 heavy (non-hydrogen) atoms. The molecule has 5 heteroatoms. The van der Waals surface area contributed by atoms with Gasteiger partial charge in [0.2, 0.25) is 0 Å². The van der Waals surface area contributed by atoms with Crippen LogP contribution in [0, 0.1) is 18.3 Å². The van der Waals surface area contributed by atoms with E-state index in [0.717, 1.165) is 11.3 Å². The summed E-state index contributed by atoms with van der Waals surface area (Å²) in [5, 5.41) is 9.46. The smallest absolute Gasteiger partial charge is 0.254 e. The monoisotopic (exact) mass is 271 g/mol. The van der Waals surface area contributed by atoms with Crippen molar-refractivity contribution in [2.45, 2.75) is 18.6 Å². The summed E-state index contributed by atoms with van der Waals surface area (Å²) in [5.41, 5.74) is 2.26. The zero-order chi connectivity index (χ0) is 13.8. The van der Waals surface area contributed by atoms with Crippen molar-refractivity contribution in [3.05, 3.63) is 57.5 Å². The van der Waals surface area contributed by atoms with Crippen molar-refractivity contribution >= 4 is 11.8 Å². The van der Waals surface area contributed by atoms with Gasteiger partial charge in [0.1, 0.15) is 0 Å². The maximum Gasteiger partial charge on any atom is 0.254 e. The highest BCUT2D eigenvalue weighted by atomic mass is 32.2. The fourth-order valence-corrected chi connectivity index (χ4v) is 2.37.